The molecule has 0 bridgehead atoms. The Morgan fingerprint density at radius 3 is 1.69 bits per heavy atom. The van der Waals surface area contributed by atoms with Crippen molar-refractivity contribution < 1.29 is 49.1 Å². The zero-order chi connectivity index (χ0) is 26.6. The zero-order valence-electron chi connectivity index (χ0n) is 18.7. The van der Waals surface area contributed by atoms with Crippen LogP contribution in [0.25, 0.3) is 22.3 Å². The van der Waals surface area contributed by atoms with Crippen LogP contribution in [0.5, 0.6) is 5.75 Å². The van der Waals surface area contributed by atoms with Gasteiger partial charge in [0.05, 0.1) is 26.2 Å². The first kappa shape index (κ1) is 26.1. The van der Waals surface area contributed by atoms with Gasteiger partial charge < -0.3 is 29.9 Å². The van der Waals surface area contributed by atoms with E-state index < -0.39 is 55.5 Å². The first-order valence-electron chi connectivity index (χ1n) is 10.5. The monoisotopic (exact) mass is 502 g/mol. The van der Waals surface area contributed by atoms with Gasteiger partial charge in [0, 0.05) is 36.2 Å². The van der Waals surface area contributed by atoms with E-state index in [1.54, 1.807) is 6.07 Å². The van der Waals surface area contributed by atoms with E-state index in [0.717, 1.165) is 9.80 Å². The molecule has 5 N–H and O–H groups in total. The van der Waals surface area contributed by atoms with Crippen molar-refractivity contribution in [3.63, 3.8) is 0 Å². The van der Waals surface area contributed by atoms with Gasteiger partial charge in [-0.3, -0.25) is 33.8 Å². The van der Waals surface area contributed by atoms with Crippen molar-refractivity contribution in [1.29, 1.82) is 0 Å². The molecule has 13 heteroatoms. The molecule has 13 nitrogen and oxygen atoms in total. The van der Waals surface area contributed by atoms with Gasteiger partial charge in [-0.15, -0.1) is 0 Å². The van der Waals surface area contributed by atoms with Crippen molar-refractivity contribution in [1.82, 2.24) is 9.80 Å². The second-order valence-corrected chi connectivity index (χ2v) is 8.12. The van der Waals surface area contributed by atoms with E-state index in [2.05, 4.69) is 0 Å². The molecule has 3 rings (SSSR count). The van der Waals surface area contributed by atoms with Gasteiger partial charge in [-0.25, -0.2) is 0 Å². The molecular formula is C23H22N2O11. The summed E-state index contributed by atoms with van der Waals surface area (Å²) in [5.41, 5.74) is 0.645. The standard InChI is InChI=1S/C23H22N2O11/c26-14-1-12(6-24(8-20(28)29)9-21(30)31)16-5-17-13(7-25(10-22(32)33)11-23(34)35)2-15(27)4-19(17)36-18(16)3-14/h1-5,26H,6-11H2,(H,28,29)(H,30,31)(H,32,33)(H,34,35). The minimum atomic E-state index is -1.26. The van der Waals surface area contributed by atoms with Crippen LogP contribution in [0.4, 0.5) is 0 Å². The van der Waals surface area contributed by atoms with E-state index in [-0.39, 0.29) is 35.7 Å². The van der Waals surface area contributed by atoms with Crippen LogP contribution in [0.2, 0.25) is 0 Å². The molecule has 190 valence electrons. The molecule has 0 saturated heterocycles. The van der Waals surface area contributed by atoms with Gasteiger partial charge in [0.15, 0.2) is 5.43 Å². The highest BCUT2D eigenvalue weighted by Gasteiger charge is 2.22. The lowest BCUT2D eigenvalue weighted by Gasteiger charge is -2.22. The molecule has 36 heavy (non-hydrogen) atoms. The first-order valence-corrected chi connectivity index (χ1v) is 10.5. The van der Waals surface area contributed by atoms with Gasteiger partial charge in [0.2, 0.25) is 0 Å². The SMILES string of the molecule is O=C(O)CN(CC(=O)O)Cc1cc(=O)cc2oc3cc(O)cc(CN(CC(=O)O)CC(=O)O)c3cc1-2. The fourth-order valence-corrected chi connectivity index (χ4v) is 3.93. The fraction of sp³-hybridized carbons (Fsp3) is 0.261. The van der Waals surface area contributed by atoms with Crippen LogP contribution in [0.3, 0.4) is 0 Å². The Morgan fingerprint density at radius 2 is 1.19 bits per heavy atom. The Kier molecular flexibility index (Phi) is 7.86. The van der Waals surface area contributed by atoms with Crippen molar-refractivity contribution in [3.8, 4) is 17.1 Å². The molecular weight excluding hydrogens is 480 g/mol. The van der Waals surface area contributed by atoms with Crippen molar-refractivity contribution in [2.75, 3.05) is 26.2 Å². The average Bonchev–Trinajstić information content (AvgIpc) is 2.70. The van der Waals surface area contributed by atoms with Crippen LogP contribution in [0, 0.1) is 0 Å². The molecule has 0 aromatic heterocycles. The molecule has 1 aliphatic carbocycles. The number of hydrogen-bond acceptors (Lipinski definition) is 9. The van der Waals surface area contributed by atoms with Crippen LogP contribution in [-0.4, -0.2) is 85.4 Å². The summed E-state index contributed by atoms with van der Waals surface area (Å²) >= 11 is 0. The summed E-state index contributed by atoms with van der Waals surface area (Å²) < 4.78 is 5.81. The number of aliphatic carboxylic acids is 4. The number of carboxylic acid groups (broad SMARTS) is 4. The van der Waals surface area contributed by atoms with Gasteiger partial charge in [0.1, 0.15) is 17.1 Å². The predicted molar refractivity (Wildman–Crippen MR) is 122 cm³/mol. The summed E-state index contributed by atoms with van der Waals surface area (Å²) in [5, 5.41) is 47.1. The van der Waals surface area contributed by atoms with E-state index in [9.17, 15) is 29.1 Å². The van der Waals surface area contributed by atoms with E-state index in [1.807, 2.05) is 0 Å². The van der Waals surface area contributed by atoms with Crippen LogP contribution >= 0.6 is 0 Å². The zero-order valence-corrected chi connectivity index (χ0v) is 18.7. The number of aromatic hydroxyl groups is 1. The highest BCUT2D eigenvalue weighted by atomic mass is 16.4. The van der Waals surface area contributed by atoms with E-state index in [0.29, 0.717) is 16.5 Å². The van der Waals surface area contributed by atoms with E-state index in [1.165, 1.54) is 24.3 Å². The molecule has 2 aliphatic rings. The highest BCUT2D eigenvalue weighted by Crippen LogP contribution is 2.34. The molecule has 0 fully saturated rings. The molecule has 0 atom stereocenters. The van der Waals surface area contributed by atoms with Crippen molar-refractivity contribution in [2.24, 2.45) is 0 Å². The molecule has 0 radical (unpaired) electrons. The van der Waals surface area contributed by atoms with Crippen LogP contribution in [0.1, 0.15) is 11.1 Å². The number of nitrogens with zero attached hydrogens (tertiary/aromatic N) is 2. The molecule has 0 amide bonds. The second kappa shape index (κ2) is 10.8. The van der Waals surface area contributed by atoms with Gasteiger partial charge in [-0.1, -0.05) is 0 Å². The normalized spacial score (nSPS) is 11.4. The number of hydrogen-bond donors (Lipinski definition) is 5. The lowest BCUT2D eigenvalue weighted by Crippen LogP contribution is -2.34. The highest BCUT2D eigenvalue weighted by molar-refractivity contribution is 5.88. The smallest absolute Gasteiger partial charge is 0.317 e. The number of rotatable bonds is 12. The number of carbonyl (C=O) groups is 4. The maximum absolute atomic E-state index is 12.3. The number of phenolic OH excluding ortho intramolecular Hbond substituents is 1. The summed E-state index contributed by atoms with van der Waals surface area (Å²) in [5.74, 6) is -5.16. The molecule has 0 spiro atoms. The molecule has 1 aromatic carbocycles. The topological polar surface area (TPSA) is 206 Å². The van der Waals surface area contributed by atoms with Gasteiger partial charge in [0.25, 0.3) is 0 Å². The summed E-state index contributed by atoms with van der Waals surface area (Å²) in [4.78, 5) is 59.3. The fourth-order valence-electron chi connectivity index (χ4n) is 3.93. The average molecular weight is 502 g/mol. The summed E-state index contributed by atoms with van der Waals surface area (Å²) in [6.45, 7) is -2.75. The third-order valence-corrected chi connectivity index (χ3v) is 5.15. The van der Waals surface area contributed by atoms with Crippen LogP contribution in [-0.2, 0) is 32.3 Å². The second-order valence-electron chi connectivity index (χ2n) is 8.12. The lowest BCUT2D eigenvalue weighted by molar-refractivity contribution is -0.144. The van der Waals surface area contributed by atoms with Crippen molar-refractivity contribution in [2.45, 2.75) is 13.1 Å². The lowest BCUT2D eigenvalue weighted by atomic mass is 9.98. The molecule has 1 heterocycles. The Balaban J connectivity index is 2.14. The van der Waals surface area contributed by atoms with Gasteiger partial charge in [-0.2, -0.15) is 0 Å². The predicted octanol–water partition coefficient (Wildman–Crippen LogP) is 0.546. The maximum atomic E-state index is 12.3. The minimum absolute atomic E-state index is 0.0973. The Bertz CT molecular complexity index is 1330. The first-order chi connectivity index (χ1) is 16.9. The van der Waals surface area contributed by atoms with Crippen LogP contribution in [0.15, 0.2) is 39.5 Å². The molecule has 0 saturated carbocycles. The molecule has 1 aliphatic heterocycles. The summed E-state index contributed by atoms with van der Waals surface area (Å²) in [6.07, 6.45) is 0. The number of phenols is 1. The Labute approximate surface area is 202 Å². The quantitative estimate of drug-likeness (QED) is 0.215. The Hall–Kier alpha value is -4.49. The largest absolute Gasteiger partial charge is 0.508 e. The van der Waals surface area contributed by atoms with E-state index in [4.69, 9.17) is 24.8 Å². The third-order valence-electron chi connectivity index (χ3n) is 5.15. The number of carboxylic acids is 4. The summed E-state index contributed by atoms with van der Waals surface area (Å²) in [6, 6.07) is 6.58. The number of fused-ring (bicyclic) bond motifs is 2. The maximum Gasteiger partial charge on any atom is 0.317 e. The van der Waals surface area contributed by atoms with Crippen molar-refractivity contribution >= 4 is 34.8 Å². The van der Waals surface area contributed by atoms with Gasteiger partial charge in [-0.05, 0) is 29.3 Å². The third kappa shape index (κ3) is 6.77. The molecule has 1 aromatic rings. The van der Waals surface area contributed by atoms with E-state index >= 15 is 0 Å². The van der Waals surface area contributed by atoms with Gasteiger partial charge >= 0.3 is 23.9 Å². The minimum Gasteiger partial charge on any atom is -0.508 e. The Morgan fingerprint density at radius 1 is 0.694 bits per heavy atom. The van der Waals surface area contributed by atoms with Crippen molar-refractivity contribution in [3.05, 3.63) is 51.7 Å². The summed E-state index contributed by atoms with van der Waals surface area (Å²) in [7, 11) is 0. The molecule has 0 unspecified atom stereocenters. The van der Waals surface area contributed by atoms with Crippen LogP contribution < -0.4 is 5.43 Å². The number of benzene rings is 2.